The Morgan fingerprint density at radius 2 is 1.71 bits per heavy atom. The summed E-state index contributed by atoms with van der Waals surface area (Å²) < 4.78 is 18.0. The van der Waals surface area contributed by atoms with Gasteiger partial charge in [-0.25, -0.2) is 4.98 Å². The Labute approximate surface area is 124 Å². The maximum atomic E-state index is 5.34. The van der Waals surface area contributed by atoms with Crippen LogP contribution in [0.25, 0.3) is 0 Å². The van der Waals surface area contributed by atoms with Gasteiger partial charge in [0.25, 0.3) is 0 Å². The normalized spacial score (nSPS) is 10.5. The van der Waals surface area contributed by atoms with Crippen molar-refractivity contribution in [3.8, 4) is 17.2 Å². The van der Waals surface area contributed by atoms with Crippen molar-refractivity contribution in [2.75, 3.05) is 21.3 Å². The number of nitrogens with one attached hydrogen (secondary N) is 1. The molecule has 0 aliphatic heterocycles. The van der Waals surface area contributed by atoms with E-state index in [0.29, 0.717) is 30.3 Å². The molecule has 2 aromatic rings. The SMILES string of the molecule is COc1cc(CNCc2nccn2C)cc(OC)c1OC. The number of aromatic nitrogens is 2. The number of nitrogens with zero attached hydrogens (tertiary/aromatic N) is 2. The first-order valence-electron chi connectivity index (χ1n) is 6.65. The summed E-state index contributed by atoms with van der Waals surface area (Å²) in [4.78, 5) is 4.27. The van der Waals surface area contributed by atoms with Crippen molar-refractivity contribution in [2.24, 2.45) is 7.05 Å². The molecule has 0 atom stereocenters. The highest BCUT2D eigenvalue weighted by Gasteiger charge is 2.13. The predicted octanol–water partition coefficient (Wildman–Crippen LogP) is 1.74. The molecule has 6 nitrogen and oxygen atoms in total. The van der Waals surface area contributed by atoms with Gasteiger partial charge in [0.15, 0.2) is 11.5 Å². The average molecular weight is 291 g/mol. The molecule has 0 fully saturated rings. The third-order valence-corrected chi connectivity index (χ3v) is 3.26. The topological polar surface area (TPSA) is 57.5 Å². The molecule has 6 heteroatoms. The monoisotopic (exact) mass is 291 g/mol. The number of hydrogen-bond donors (Lipinski definition) is 1. The van der Waals surface area contributed by atoms with Crippen LogP contribution in [0, 0.1) is 0 Å². The van der Waals surface area contributed by atoms with Gasteiger partial charge in [0, 0.05) is 26.0 Å². The van der Waals surface area contributed by atoms with Gasteiger partial charge in [-0.05, 0) is 17.7 Å². The first kappa shape index (κ1) is 15.2. The molecule has 0 unspecified atom stereocenters. The van der Waals surface area contributed by atoms with Crippen molar-refractivity contribution in [3.05, 3.63) is 35.9 Å². The predicted molar refractivity (Wildman–Crippen MR) is 79.8 cm³/mol. The van der Waals surface area contributed by atoms with Crippen molar-refractivity contribution in [2.45, 2.75) is 13.1 Å². The van der Waals surface area contributed by atoms with E-state index in [1.54, 1.807) is 27.5 Å². The van der Waals surface area contributed by atoms with E-state index in [2.05, 4.69) is 10.3 Å². The van der Waals surface area contributed by atoms with Crippen LogP contribution >= 0.6 is 0 Å². The van der Waals surface area contributed by atoms with Crippen LogP contribution in [-0.2, 0) is 20.1 Å². The minimum atomic E-state index is 0.604. The molecular formula is C15H21N3O3. The summed E-state index contributed by atoms with van der Waals surface area (Å²) in [6, 6.07) is 3.87. The number of rotatable bonds is 7. The Hall–Kier alpha value is -2.21. The van der Waals surface area contributed by atoms with Crippen molar-refractivity contribution in [1.82, 2.24) is 14.9 Å². The van der Waals surface area contributed by atoms with Crippen LogP contribution in [0.4, 0.5) is 0 Å². The molecule has 0 spiro atoms. The van der Waals surface area contributed by atoms with Gasteiger partial charge in [0.2, 0.25) is 5.75 Å². The van der Waals surface area contributed by atoms with Gasteiger partial charge in [-0.1, -0.05) is 0 Å². The second kappa shape index (κ2) is 6.99. The molecular weight excluding hydrogens is 270 g/mol. The number of ether oxygens (including phenoxy) is 3. The zero-order valence-electron chi connectivity index (χ0n) is 12.8. The first-order chi connectivity index (χ1) is 10.2. The Kier molecular flexibility index (Phi) is 5.05. The van der Waals surface area contributed by atoms with Crippen LogP contribution in [-0.4, -0.2) is 30.9 Å². The van der Waals surface area contributed by atoms with E-state index in [0.717, 1.165) is 11.4 Å². The summed E-state index contributed by atoms with van der Waals surface area (Å²) in [5, 5.41) is 3.35. The Morgan fingerprint density at radius 3 is 2.19 bits per heavy atom. The summed E-state index contributed by atoms with van der Waals surface area (Å²) in [7, 11) is 6.80. The number of benzene rings is 1. The van der Waals surface area contributed by atoms with E-state index in [-0.39, 0.29) is 0 Å². The highest BCUT2D eigenvalue weighted by molar-refractivity contribution is 5.53. The fraction of sp³-hybridized carbons (Fsp3) is 0.400. The second-order valence-electron chi connectivity index (χ2n) is 4.59. The molecule has 0 saturated carbocycles. The van der Waals surface area contributed by atoms with Gasteiger partial charge in [0.05, 0.1) is 27.9 Å². The Morgan fingerprint density at radius 1 is 1.05 bits per heavy atom. The maximum absolute atomic E-state index is 5.34. The van der Waals surface area contributed by atoms with Crippen LogP contribution in [0.1, 0.15) is 11.4 Å². The van der Waals surface area contributed by atoms with Crippen LogP contribution in [0.5, 0.6) is 17.2 Å². The molecule has 1 aromatic carbocycles. The van der Waals surface area contributed by atoms with E-state index in [1.165, 1.54) is 0 Å². The lowest BCUT2D eigenvalue weighted by atomic mass is 10.1. The fourth-order valence-corrected chi connectivity index (χ4v) is 2.12. The number of imidazole rings is 1. The number of hydrogen-bond acceptors (Lipinski definition) is 5. The highest BCUT2D eigenvalue weighted by atomic mass is 16.5. The smallest absolute Gasteiger partial charge is 0.203 e. The van der Waals surface area contributed by atoms with E-state index >= 15 is 0 Å². The summed E-state index contributed by atoms with van der Waals surface area (Å²) in [5.74, 6) is 2.91. The zero-order chi connectivity index (χ0) is 15.2. The van der Waals surface area contributed by atoms with Crippen molar-refractivity contribution in [1.29, 1.82) is 0 Å². The number of methoxy groups -OCH3 is 3. The van der Waals surface area contributed by atoms with Crippen LogP contribution < -0.4 is 19.5 Å². The van der Waals surface area contributed by atoms with Gasteiger partial charge >= 0.3 is 0 Å². The van der Waals surface area contributed by atoms with Crippen LogP contribution in [0.3, 0.4) is 0 Å². The molecule has 1 heterocycles. The molecule has 1 aromatic heterocycles. The lowest BCUT2D eigenvalue weighted by molar-refractivity contribution is 0.323. The molecule has 0 aliphatic carbocycles. The van der Waals surface area contributed by atoms with Crippen LogP contribution in [0.15, 0.2) is 24.5 Å². The molecule has 0 aliphatic rings. The molecule has 0 radical (unpaired) electrons. The van der Waals surface area contributed by atoms with Crippen molar-refractivity contribution in [3.63, 3.8) is 0 Å². The van der Waals surface area contributed by atoms with Gasteiger partial charge in [-0.3, -0.25) is 0 Å². The third kappa shape index (κ3) is 3.46. The van der Waals surface area contributed by atoms with Gasteiger partial charge in [-0.15, -0.1) is 0 Å². The molecule has 2 rings (SSSR count). The molecule has 0 bridgehead atoms. The Balaban J connectivity index is 2.08. The summed E-state index contributed by atoms with van der Waals surface area (Å²) in [6.07, 6.45) is 3.72. The van der Waals surface area contributed by atoms with Gasteiger partial charge < -0.3 is 24.1 Å². The van der Waals surface area contributed by atoms with Gasteiger partial charge in [0.1, 0.15) is 5.82 Å². The lowest BCUT2D eigenvalue weighted by Crippen LogP contribution is -2.15. The summed E-state index contributed by atoms with van der Waals surface area (Å²) in [5.41, 5.74) is 1.05. The second-order valence-corrected chi connectivity index (χ2v) is 4.59. The van der Waals surface area contributed by atoms with Crippen molar-refractivity contribution < 1.29 is 14.2 Å². The summed E-state index contributed by atoms with van der Waals surface area (Å²) >= 11 is 0. The fourth-order valence-electron chi connectivity index (χ4n) is 2.12. The largest absolute Gasteiger partial charge is 0.493 e. The number of aryl methyl sites for hydroxylation is 1. The molecule has 0 amide bonds. The lowest BCUT2D eigenvalue weighted by Gasteiger charge is -2.14. The third-order valence-electron chi connectivity index (χ3n) is 3.26. The quantitative estimate of drug-likeness (QED) is 0.842. The van der Waals surface area contributed by atoms with Crippen LogP contribution in [0.2, 0.25) is 0 Å². The highest BCUT2D eigenvalue weighted by Crippen LogP contribution is 2.38. The van der Waals surface area contributed by atoms with Crippen molar-refractivity contribution >= 4 is 0 Å². The molecule has 21 heavy (non-hydrogen) atoms. The van der Waals surface area contributed by atoms with E-state index in [1.807, 2.05) is 29.9 Å². The summed E-state index contributed by atoms with van der Waals surface area (Å²) in [6.45, 7) is 1.38. The Bertz CT molecular complexity index is 571. The molecule has 0 saturated heterocycles. The molecule has 114 valence electrons. The van der Waals surface area contributed by atoms with E-state index < -0.39 is 0 Å². The minimum Gasteiger partial charge on any atom is -0.493 e. The average Bonchev–Trinajstić information content (AvgIpc) is 2.91. The van der Waals surface area contributed by atoms with E-state index in [9.17, 15) is 0 Å². The van der Waals surface area contributed by atoms with E-state index in [4.69, 9.17) is 14.2 Å². The van der Waals surface area contributed by atoms with Gasteiger partial charge in [-0.2, -0.15) is 0 Å². The minimum absolute atomic E-state index is 0.604. The standard InChI is InChI=1S/C15H21N3O3/c1-18-6-5-17-14(18)10-16-9-11-7-12(19-2)15(21-4)13(8-11)20-3/h5-8,16H,9-10H2,1-4H3. The zero-order valence-corrected chi connectivity index (χ0v) is 12.8. The first-order valence-corrected chi connectivity index (χ1v) is 6.65. The maximum Gasteiger partial charge on any atom is 0.203 e. The molecule has 1 N–H and O–H groups in total.